The second kappa shape index (κ2) is 4.34. The Morgan fingerprint density at radius 3 is 2.53 bits per heavy atom. The molecule has 1 aromatic carbocycles. The second-order valence-corrected chi connectivity index (χ2v) is 4.82. The van der Waals surface area contributed by atoms with E-state index in [1.165, 1.54) is 0 Å². The number of aromatic nitrogens is 2. The van der Waals surface area contributed by atoms with Crippen molar-refractivity contribution in [3.8, 4) is 11.8 Å². The van der Waals surface area contributed by atoms with Crippen LogP contribution in [0.3, 0.4) is 0 Å². The van der Waals surface area contributed by atoms with Crippen LogP contribution in [-0.4, -0.2) is 9.78 Å². The van der Waals surface area contributed by atoms with Gasteiger partial charge in [-0.15, -0.1) is 0 Å². The van der Waals surface area contributed by atoms with Crippen LogP contribution < -0.4 is 0 Å². The second-order valence-electron chi connectivity index (χ2n) is 4.03. The van der Waals surface area contributed by atoms with Crippen molar-refractivity contribution in [2.45, 2.75) is 20.8 Å². The highest BCUT2D eigenvalue weighted by Gasteiger charge is 2.13. The maximum Gasteiger partial charge on any atom is 0.101 e. The highest BCUT2D eigenvalue weighted by molar-refractivity contribution is 9.10. The molecule has 0 saturated heterocycles. The first-order valence-electron chi connectivity index (χ1n) is 5.27. The summed E-state index contributed by atoms with van der Waals surface area (Å²) in [6.45, 7) is 5.92. The summed E-state index contributed by atoms with van der Waals surface area (Å²) in [4.78, 5) is 0. The Morgan fingerprint density at radius 2 is 2.00 bits per heavy atom. The summed E-state index contributed by atoms with van der Waals surface area (Å²) in [5.41, 5.74) is 4.51. The fraction of sp³-hybridized carbons (Fsp3) is 0.231. The molecule has 0 fully saturated rings. The number of nitriles is 1. The van der Waals surface area contributed by atoms with Crippen molar-refractivity contribution in [3.05, 3.63) is 45.2 Å². The van der Waals surface area contributed by atoms with Gasteiger partial charge in [0.2, 0.25) is 0 Å². The third kappa shape index (κ3) is 1.98. The van der Waals surface area contributed by atoms with Crippen molar-refractivity contribution in [2.75, 3.05) is 0 Å². The minimum atomic E-state index is 0.633. The largest absolute Gasteiger partial charge is 0.235 e. The smallest absolute Gasteiger partial charge is 0.101 e. The van der Waals surface area contributed by atoms with E-state index in [1.54, 1.807) is 0 Å². The first-order valence-corrected chi connectivity index (χ1v) is 6.06. The SMILES string of the molecule is Cc1ccc(C#N)c(-n2nc(C)c(Br)c2C)c1. The molecule has 0 amide bonds. The number of hydrogen-bond acceptors (Lipinski definition) is 2. The molecule has 4 heteroatoms. The van der Waals surface area contributed by atoms with Gasteiger partial charge in [-0.1, -0.05) is 6.07 Å². The molecule has 2 aromatic rings. The van der Waals surface area contributed by atoms with Gasteiger partial charge >= 0.3 is 0 Å². The van der Waals surface area contributed by atoms with Crippen LogP contribution in [0, 0.1) is 32.1 Å². The van der Waals surface area contributed by atoms with Crippen molar-refractivity contribution in [1.29, 1.82) is 5.26 Å². The Bertz CT molecular complexity index is 620. The molecule has 2 rings (SSSR count). The molecule has 1 aromatic heterocycles. The maximum absolute atomic E-state index is 9.13. The highest BCUT2D eigenvalue weighted by Crippen LogP contribution is 2.25. The van der Waals surface area contributed by atoms with E-state index in [0.717, 1.165) is 27.1 Å². The lowest BCUT2D eigenvalue weighted by Crippen LogP contribution is -2.02. The Balaban J connectivity index is 2.72. The van der Waals surface area contributed by atoms with Gasteiger partial charge < -0.3 is 0 Å². The summed E-state index contributed by atoms with van der Waals surface area (Å²) in [6.07, 6.45) is 0. The van der Waals surface area contributed by atoms with E-state index in [0.29, 0.717) is 5.56 Å². The molecule has 0 aliphatic rings. The van der Waals surface area contributed by atoms with E-state index in [4.69, 9.17) is 5.26 Å². The lowest BCUT2D eigenvalue weighted by molar-refractivity contribution is 0.830. The van der Waals surface area contributed by atoms with Crippen LogP contribution in [0.25, 0.3) is 5.69 Å². The summed E-state index contributed by atoms with van der Waals surface area (Å²) >= 11 is 3.50. The van der Waals surface area contributed by atoms with Gasteiger partial charge in [0.25, 0.3) is 0 Å². The molecule has 0 N–H and O–H groups in total. The molecule has 0 unspecified atom stereocenters. The quantitative estimate of drug-likeness (QED) is 0.807. The van der Waals surface area contributed by atoms with Crippen LogP contribution >= 0.6 is 15.9 Å². The number of aryl methyl sites for hydroxylation is 2. The molecule has 0 bridgehead atoms. The standard InChI is InChI=1S/C13H12BrN3/c1-8-4-5-11(7-15)12(6-8)17-10(3)13(14)9(2)16-17/h4-6H,1-3H3. The van der Waals surface area contributed by atoms with Crippen LogP contribution in [0.5, 0.6) is 0 Å². The van der Waals surface area contributed by atoms with Gasteiger partial charge in [-0.2, -0.15) is 10.4 Å². The Hall–Kier alpha value is -1.60. The topological polar surface area (TPSA) is 41.6 Å². The van der Waals surface area contributed by atoms with E-state index >= 15 is 0 Å². The zero-order chi connectivity index (χ0) is 12.6. The van der Waals surface area contributed by atoms with Crippen molar-refractivity contribution < 1.29 is 0 Å². The Morgan fingerprint density at radius 1 is 1.29 bits per heavy atom. The van der Waals surface area contributed by atoms with Crippen molar-refractivity contribution in [1.82, 2.24) is 9.78 Å². The summed E-state index contributed by atoms with van der Waals surface area (Å²) in [7, 11) is 0. The Labute approximate surface area is 109 Å². The maximum atomic E-state index is 9.13. The number of halogens is 1. The molecular formula is C13H12BrN3. The first kappa shape index (κ1) is 11.9. The van der Waals surface area contributed by atoms with E-state index < -0.39 is 0 Å². The number of rotatable bonds is 1. The molecular weight excluding hydrogens is 278 g/mol. The lowest BCUT2D eigenvalue weighted by atomic mass is 10.1. The normalized spacial score (nSPS) is 10.3. The van der Waals surface area contributed by atoms with Crippen molar-refractivity contribution in [2.24, 2.45) is 0 Å². The fourth-order valence-electron chi connectivity index (χ4n) is 1.77. The summed E-state index contributed by atoms with van der Waals surface area (Å²) in [6, 6.07) is 7.94. The van der Waals surface area contributed by atoms with Crippen molar-refractivity contribution >= 4 is 15.9 Å². The summed E-state index contributed by atoms with van der Waals surface area (Å²) < 4.78 is 2.80. The van der Waals surface area contributed by atoms with Crippen LogP contribution in [0.4, 0.5) is 0 Å². The molecule has 17 heavy (non-hydrogen) atoms. The summed E-state index contributed by atoms with van der Waals surface area (Å²) in [5, 5.41) is 13.6. The van der Waals surface area contributed by atoms with Crippen LogP contribution in [0.2, 0.25) is 0 Å². The van der Waals surface area contributed by atoms with Gasteiger partial charge in [0.05, 0.1) is 27.1 Å². The zero-order valence-electron chi connectivity index (χ0n) is 9.95. The molecule has 0 aliphatic carbocycles. The number of nitrogens with zero attached hydrogens (tertiary/aromatic N) is 3. The lowest BCUT2D eigenvalue weighted by Gasteiger charge is -2.07. The molecule has 0 saturated carbocycles. The predicted octanol–water partition coefficient (Wildman–Crippen LogP) is 3.43. The fourth-order valence-corrected chi connectivity index (χ4v) is 2.02. The van der Waals surface area contributed by atoms with Crippen LogP contribution in [0.1, 0.15) is 22.5 Å². The zero-order valence-corrected chi connectivity index (χ0v) is 11.5. The van der Waals surface area contributed by atoms with E-state index in [2.05, 4.69) is 27.1 Å². The average Bonchev–Trinajstić information content (AvgIpc) is 2.57. The predicted molar refractivity (Wildman–Crippen MR) is 70.2 cm³/mol. The van der Waals surface area contributed by atoms with Gasteiger partial charge in [-0.25, -0.2) is 4.68 Å². The Kier molecular flexibility index (Phi) is 3.03. The van der Waals surface area contributed by atoms with Gasteiger partial charge in [0.1, 0.15) is 6.07 Å². The minimum Gasteiger partial charge on any atom is -0.235 e. The van der Waals surface area contributed by atoms with Gasteiger partial charge in [-0.05, 0) is 54.4 Å². The molecule has 1 heterocycles. The minimum absolute atomic E-state index is 0.633. The molecule has 86 valence electrons. The molecule has 0 radical (unpaired) electrons. The number of benzene rings is 1. The van der Waals surface area contributed by atoms with E-state index in [-0.39, 0.29) is 0 Å². The van der Waals surface area contributed by atoms with E-state index in [1.807, 2.05) is 43.7 Å². The molecule has 3 nitrogen and oxygen atoms in total. The van der Waals surface area contributed by atoms with E-state index in [9.17, 15) is 0 Å². The van der Waals surface area contributed by atoms with Gasteiger partial charge in [0.15, 0.2) is 0 Å². The third-order valence-corrected chi connectivity index (χ3v) is 3.85. The molecule has 0 atom stereocenters. The van der Waals surface area contributed by atoms with Gasteiger partial charge in [0, 0.05) is 0 Å². The van der Waals surface area contributed by atoms with Crippen LogP contribution in [0.15, 0.2) is 22.7 Å². The van der Waals surface area contributed by atoms with Gasteiger partial charge in [-0.3, -0.25) is 0 Å². The number of hydrogen-bond donors (Lipinski definition) is 0. The monoisotopic (exact) mass is 289 g/mol. The third-order valence-electron chi connectivity index (χ3n) is 2.70. The highest BCUT2D eigenvalue weighted by atomic mass is 79.9. The van der Waals surface area contributed by atoms with Crippen molar-refractivity contribution in [3.63, 3.8) is 0 Å². The first-order chi connectivity index (χ1) is 8.04. The average molecular weight is 290 g/mol. The summed E-state index contributed by atoms with van der Waals surface area (Å²) in [5.74, 6) is 0. The molecule has 0 spiro atoms. The molecule has 0 aliphatic heterocycles. The van der Waals surface area contributed by atoms with Crippen LogP contribution in [-0.2, 0) is 0 Å².